The number of ether oxygens (including phenoxy) is 1. The Labute approximate surface area is 179 Å². The van der Waals surface area contributed by atoms with E-state index in [9.17, 15) is 4.79 Å². The van der Waals surface area contributed by atoms with Crippen LogP contribution in [0.1, 0.15) is 52.7 Å². The molecule has 1 heterocycles. The summed E-state index contributed by atoms with van der Waals surface area (Å²) in [6, 6.07) is 28.2. The fraction of sp³-hybridized carbons (Fsp3) is 0.296. The van der Waals surface area contributed by atoms with Crippen molar-refractivity contribution in [1.82, 2.24) is 4.90 Å². The smallest absolute Gasteiger partial charge is 0.172 e. The van der Waals surface area contributed by atoms with Gasteiger partial charge in [-0.3, -0.25) is 9.69 Å². The number of hydrogen-bond donors (Lipinski definition) is 0. The lowest BCUT2D eigenvalue weighted by Crippen LogP contribution is -2.39. The molecule has 4 rings (SSSR count). The highest BCUT2D eigenvalue weighted by molar-refractivity contribution is 6.01. The summed E-state index contributed by atoms with van der Waals surface area (Å²) in [4.78, 5) is 16.4. The molecule has 2 atom stereocenters. The van der Waals surface area contributed by atoms with Gasteiger partial charge in [-0.05, 0) is 49.2 Å². The molecule has 3 heteroatoms. The highest BCUT2D eigenvalue weighted by atomic mass is 16.5. The van der Waals surface area contributed by atoms with E-state index in [1.807, 2.05) is 60.7 Å². The normalized spacial score (nSPS) is 16.6. The molecule has 0 saturated carbocycles. The van der Waals surface area contributed by atoms with Crippen LogP contribution in [0.4, 0.5) is 0 Å². The summed E-state index contributed by atoms with van der Waals surface area (Å²) in [5.41, 5.74) is 3.00. The first-order valence-electron chi connectivity index (χ1n) is 10.8. The Kier molecular flexibility index (Phi) is 6.60. The summed E-state index contributed by atoms with van der Waals surface area (Å²) < 4.78 is 5.38. The van der Waals surface area contributed by atoms with Gasteiger partial charge in [0.05, 0.1) is 13.0 Å². The number of likely N-dealkylation sites (tertiary alicyclic amines) is 1. The number of carbonyl (C=O) groups is 1. The van der Waals surface area contributed by atoms with E-state index >= 15 is 0 Å². The van der Waals surface area contributed by atoms with Gasteiger partial charge in [-0.25, -0.2) is 0 Å². The number of benzene rings is 3. The van der Waals surface area contributed by atoms with Crippen LogP contribution in [0.25, 0.3) is 0 Å². The molecular formula is C27H29NO2. The van der Waals surface area contributed by atoms with E-state index in [1.54, 1.807) is 7.11 Å². The minimum Gasteiger partial charge on any atom is -0.497 e. The van der Waals surface area contributed by atoms with Crippen LogP contribution >= 0.6 is 0 Å². The van der Waals surface area contributed by atoms with E-state index < -0.39 is 0 Å². The number of hydrogen-bond acceptors (Lipinski definition) is 3. The largest absolute Gasteiger partial charge is 0.497 e. The molecule has 0 bridgehead atoms. The molecule has 1 fully saturated rings. The van der Waals surface area contributed by atoms with E-state index in [4.69, 9.17) is 4.74 Å². The molecule has 0 aliphatic carbocycles. The predicted octanol–water partition coefficient (Wildman–Crippen LogP) is 5.89. The topological polar surface area (TPSA) is 29.5 Å². The third kappa shape index (κ3) is 4.47. The zero-order valence-electron chi connectivity index (χ0n) is 17.5. The summed E-state index contributed by atoms with van der Waals surface area (Å²) in [5, 5.41) is 0. The average Bonchev–Trinajstić information content (AvgIpc) is 2.84. The van der Waals surface area contributed by atoms with Crippen LogP contribution < -0.4 is 4.74 Å². The number of rotatable bonds is 7. The Morgan fingerprint density at radius 2 is 1.37 bits per heavy atom. The van der Waals surface area contributed by atoms with Crippen LogP contribution in [0.5, 0.6) is 5.75 Å². The lowest BCUT2D eigenvalue weighted by atomic mass is 9.80. The average molecular weight is 400 g/mol. The molecule has 1 saturated heterocycles. The Morgan fingerprint density at radius 3 is 1.97 bits per heavy atom. The first-order valence-corrected chi connectivity index (χ1v) is 10.8. The lowest BCUT2D eigenvalue weighted by molar-refractivity contribution is 0.0835. The molecular weight excluding hydrogens is 370 g/mol. The maximum atomic E-state index is 13.9. The molecule has 0 spiro atoms. The van der Waals surface area contributed by atoms with Gasteiger partial charge in [0, 0.05) is 11.6 Å². The van der Waals surface area contributed by atoms with Crippen LogP contribution in [-0.4, -0.2) is 30.9 Å². The van der Waals surface area contributed by atoms with Gasteiger partial charge < -0.3 is 4.74 Å². The molecule has 0 N–H and O–H groups in total. The number of piperidine rings is 1. The first-order chi connectivity index (χ1) is 14.8. The van der Waals surface area contributed by atoms with Gasteiger partial charge in [-0.2, -0.15) is 0 Å². The maximum absolute atomic E-state index is 13.9. The highest BCUT2D eigenvalue weighted by Crippen LogP contribution is 2.40. The molecule has 30 heavy (non-hydrogen) atoms. The SMILES string of the molecule is COc1ccc([C@@H]([C@@H](C(=O)c2ccccc2)c2ccccc2)N2CCCCC2)cc1. The van der Waals surface area contributed by atoms with Crippen molar-refractivity contribution in [2.45, 2.75) is 31.2 Å². The predicted molar refractivity (Wildman–Crippen MR) is 121 cm³/mol. The quantitative estimate of drug-likeness (QED) is 0.464. The number of ketones is 1. The van der Waals surface area contributed by atoms with Crippen LogP contribution in [0.3, 0.4) is 0 Å². The third-order valence-electron chi connectivity index (χ3n) is 6.06. The Bertz CT molecular complexity index is 932. The second-order valence-corrected chi connectivity index (χ2v) is 7.93. The molecule has 154 valence electrons. The molecule has 1 aliphatic heterocycles. The lowest BCUT2D eigenvalue weighted by Gasteiger charge is -2.39. The van der Waals surface area contributed by atoms with Gasteiger partial charge in [-0.1, -0.05) is 79.2 Å². The zero-order valence-corrected chi connectivity index (χ0v) is 17.5. The van der Waals surface area contributed by atoms with E-state index in [2.05, 4.69) is 29.2 Å². The second-order valence-electron chi connectivity index (χ2n) is 7.93. The standard InChI is InChI=1S/C27H29NO2/c1-30-24-17-15-22(16-18-24)26(28-19-9-4-10-20-28)25(21-11-5-2-6-12-21)27(29)23-13-7-3-8-14-23/h2-3,5-8,11-18,25-26H,4,9-10,19-20H2,1H3/t25-,26-/m0/s1. The summed E-state index contributed by atoms with van der Waals surface area (Å²) in [7, 11) is 1.68. The van der Waals surface area contributed by atoms with Crippen molar-refractivity contribution < 1.29 is 9.53 Å². The minimum atomic E-state index is -0.264. The van der Waals surface area contributed by atoms with Crippen molar-refractivity contribution in [3.05, 3.63) is 102 Å². The molecule has 3 aromatic carbocycles. The van der Waals surface area contributed by atoms with Crippen molar-refractivity contribution in [1.29, 1.82) is 0 Å². The van der Waals surface area contributed by atoms with Gasteiger partial charge in [-0.15, -0.1) is 0 Å². The monoisotopic (exact) mass is 399 g/mol. The number of methoxy groups -OCH3 is 1. The Hall–Kier alpha value is -2.91. The van der Waals surface area contributed by atoms with Crippen LogP contribution in [0.15, 0.2) is 84.9 Å². The van der Waals surface area contributed by atoms with E-state index in [0.29, 0.717) is 0 Å². The van der Waals surface area contributed by atoms with Crippen molar-refractivity contribution >= 4 is 5.78 Å². The van der Waals surface area contributed by atoms with Gasteiger partial charge in [0.25, 0.3) is 0 Å². The van der Waals surface area contributed by atoms with Crippen LogP contribution in [0.2, 0.25) is 0 Å². The molecule has 0 unspecified atom stereocenters. The van der Waals surface area contributed by atoms with Crippen LogP contribution in [-0.2, 0) is 0 Å². The molecule has 0 amide bonds. The van der Waals surface area contributed by atoms with Crippen LogP contribution in [0, 0.1) is 0 Å². The molecule has 0 radical (unpaired) electrons. The zero-order chi connectivity index (χ0) is 20.8. The van der Waals surface area contributed by atoms with E-state index in [0.717, 1.165) is 35.5 Å². The fourth-order valence-corrected chi connectivity index (χ4v) is 4.53. The summed E-state index contributed by atoms with van der Waals surface area (Å²) >= 11 is 0. The minimum absolute atomic E-state index is 0.00804. The van der Waals surface area contributed by atoms with E-state index in [1.165, 1.54) is 19.3 Å². The summed E-state index contributed by atoms with van der Waals surface area (Å²) in [6.45, 7) is 2.03. The van der Waals surface area contributed by atoms with Crippen molar-refractivity contribution in [3.63, 3.8) is 0 Å². The first kappa shape index (κ1) is 20.4. The maximum Gasteiger partial charge on any atom is 0.172 e. The van der Waals surface area contributed by atoms with Crippen molar-refractivity contribution in [2.75, 3.05) is 20.2 Å². The van der Waals surface area contributed by atoms with Gasteiger partial charge in [0.1, 0.15) is 5.75 Å². The molecule has 1 aliphatic rings. The Balaban J connectivity index is 1.82. The Morgan fingerprint density at radius 1 is 0.767 bits per heavy atom. The molecule has 3 aromatic rings. The molecule has 3 nitrogen and oxygen atoms in total. The summed E-state index contributed by atoms with van der Waals surface area (Å²) in [6.07, 6.45) is 3.61. The molecule has 0 aromatic heterocycles. The highest BCUT2D eigenvalue weighted by Gasteiger charge is 2.36. The van der Waals surface area contributed by atoms with Gasteiger partial charge in [0.15, 0.2) is 5.78 Å². The number of nitrogens with zero attached hydrogens (tertiary/aromatic N) is 1. The fourth-order valence-electron chi connectivity index (χ4n) is 4.53. The van der Waals surface area contributed by atoms with Crippen molar-refractivity contribution in [2.24, 2.45) is 0 Å². The number of Topliss-reactive ketones (excluding diaryl/α,β-unsaturated/α-hetero) is 1. The summed E-state index contributed by atoms with van der Waals surface area (Å²) in [5.74, 6) is 0.745. The van der Waals surface area contributed by atoms with Gasteiger partial charge >= 0.3 is 0 Å². The van der Waals surface area contributed by atoms with E-state index in [-0.39, 0.29) is 17.7 Å². The second kappa shape index (κ2) is 9.73. The number of carbonyl (C=O) groups excluding carboxylic acids is 1. The van der Waals surface area contributed by atoms with Gasteiger partial charge in [0.2, 0.25) is 0 Å². The van der Waals surface area contributed by atoms with Crippen molar-refractivity contribution in [3.8, 4) is 5.75 Å². The third-order valence-corrected chi connectivity index (χ3v) is 6.06.